The Bertz CT molecular complexity index is 776. The van der Waals surface area contributed by atoms with Gasteiger partial charge in [0.25, 0.3) is 5.91 Å². The number of aryl methyl sites for hydroxylation is 1. The van der Waals surface area contributed by atoms with Gasteiger partial charge in [0.05, 0.1) is 6.61 Å². The summed E-state index contributed by atoms with van der Waals surface area (Å²) in [5.41, 5.74) is 2.69. The van der Waals surface area contributed by atoms with Crippen LogP contribution in [0.3, 0.4) is 0 Å². The lowest BCUT2D eigenvalue weighted by Gasteiger charge is -2.14. The number of ether oxygens (including phenoxy) is 2. The third kappa shape index (κ3) is 4.26. The molecule has 132 valence electrons. The predicted octanol–water partition coefficient (Wildman–Crippen LogP) is 4.77. The van der Waals surface area contributed by atoms with Crippen LogP contribution >= 0.6 is 11.6 Å². The Morgan fingerprint density at radius 2 is 2.16 bits per heavy atom. The molecule has 0 aromatic heterocycles. The van der Waals surface area contributed by atoms with Gasteiger partial charge in [-0.15, -0.1) is 0 Å². The minimum absolute atomic E-state index is 0.157. The van der Waals surface area contributed by atoms with Crippen LogP contribution in [0.25, 0.3) is 0 Å². The molecular weight excluding hydrogens is 338 g/mol. The van der Waals surface area contributed by atoms with Crippen LogP contribution in [-0.4, -0.2) is 18.6 Å². The molecule has 1 N–H and O–H groups in total. The lowest BCUT2D eigenvalue weighted by molar-refractivity contribution is -0.122. The second kappa shape index (κ2) is 7.79. The van der Waals surface area contributed by atoms with Crippen LogP contribution in [0.15, 0.2) is 36.4 Å². The van der Waals surface area contributed by atoms with E-state index in [-0.39, 0.29) is 5.91 Å². The molecular formula is C20H22ClNO3. The van der Waals surface area contributed by atoms with E-state index in [9.17, 15) is 4.79 Å². The van der Waals surface area contributed by atoms with Crippen LogP contribution < -0.4 is 14.8 Å². The SMILES string of the molecule is CCCCOc1ccc(NC(=O)C2Cc3cc(Cl)ccc3O2)c(C)c1. The fourth-order valence-corrected chi connectivity index (χ4v) is 2.97. The van der Waals surface area contributed by atoms with E-state index in [0.717, 1.165) is 41.2 Å². The van der Waals surface area contributed by atoms with Crippen molar-refractivity contribution in [2.75, 3.05) is 11.9 Å². The summed E-state index contributed by atoms with van der Waals surface area (Å²) in [4.78, 5) is 12.5. The van der Waals surface area contributed by atoms with E-state index < -0.39 is 6.10 Å². The van der Waals surface area contributed by atoms with Crippen molar-refractivity contribution in [3.63, 3.8) is 0 Å². The lowest BCUT2D eigenvalue weighted by Crippen LogP contribution is -2.31. The minimum Gasteiger partial charge on any atom is -0.494 e. The molecule has 25 heavy (non-hydrogen) atoms. The van der Waals surface area contributed by atoms with Gasteiger partial charge in [-0.3, -0.25) is 4.79 Å². The average Bonchev–Trinajstić information content (AvgIpc) is 3.00. The number of fused-ring (bicyclic) bond motifs is 1. The Hall–Kier alpha value is -2.20. The summed E-state index contributed by atoms with van der Waals surface area (Å²) in [7, 11) is 0. The smallest absolute Gasteiger partial charge is 0.265 e. The molecule has 3 rings (SSSR count). The number of nitrogens with one attached hydrogen (secondary N) is 1. The first-order chi connectivity index (χ1) is 12.1. The second-order valence-electron chi connectivity index (χ2n) is 6.23. The highest BCUT2D eigenvalue weighted by atomic mass is 35.5. The van der Waals surface area contributed by atoms with E-state index in [1.165, 1.54) is 0 Å². The van der Waals surface area contributed by atoms with E-state index >= 15 is 0 Å². The van der Waals surface area contributed by atoms with Crippen molar-refractivity contribution >= 4 is 23.2 Å². The van der Waals surface area contributed by atoms with Crippen molar-refractivity contribution in [1.82, 2.24) is 0 Å². The third-order valence-corrected chi connectivity index (χ3v) is 4.45. The van der Waals surface area contributed by atoms with Gasteiger partial charge >= 0.3 is 0 Å². The van der Waals surface area contributed by atoms with Crippen LogP contribution in [0.2, 0.25) is 5.02 Å². The number of amides is 1. The molecule has 1 unspecified atom stereocenters. The van der Waals surface area contributed by atoms with Crippen LogP contribution in [0, 0.1) is 6.92 Å². The topological polar surface area (TPSA) is 47.6 Å². The number of rotatable bonds is 6. The summed E-state index contributed by atoms with van der Waals surface area (Å²) < 4.78 is 11.4. The Morgan fingerprint density at radius 3 is 2.92 bits per heavy atom. The summed E-state index contributed by atoms with van der Waals surface area (Å²) in [6, 6.07) is 11.1. The third-order valence-electron chi connectivity index (χ3n) is 4.21. The number of anilines is 1. The summed E-state index contributed by atoms with van der Waals surface area (Å²) >= 11 is 5.99. The lowest BCUT2D eigenvalue weighted by atomic mass is 10.1. The summed E-state index contributed by atoms with van der Waals surface area (Å²) in [5.74, 6) is 1.39. The fourth-order valence-electron chi connectivity index (χ4n) is 2.78. The first-order valence-electron chi connectivity index (χ1n) is 8.56. The number of benzene rings is 2. The molecule has 1 heterocycles. The van der Waals surface area contributed by atoms with E-state index in [1.807, 2.05) is 31.2 Å². The molecule has 4 nitrogen and oxygen atoms in total. The molecule has 0 bridgehead atoms. The predicted molar refractivity (Wildman–Crippen MR) is 99.8 cm³/mol. The molecule has 2 aromatic carbocycles. The maximum absolute atomic E-state index is 12.5. The summed E-state index contributed by atoms with van der Waals surface area (Å²) in [6.45, 7) is 4.79. The van der Waals surface area contributed by atoms with E-state index in [4.69, 9.17) is 21.1 Å². The molecule has 0 aliphatic carbocycles. The van der Waals surface area contributed by atoms with Crippen molar-refractivity contribution in [2.24, 2.45) is 0 Å². The molecule has 1 aliphatic heterocycles. The number of hydrogen-bond donors (Lipinski definition) is 1. The van der Waals surface area contributed by atoms with Gasteiger partial charge in [-0.2, -0.15) is 0 Å². The van der Waals surface area contributed by atoms with Crippen molar-refractivity contribution in [1.29, 1.82) is 0 Å². The Balaban J connectivity index is 1.62. The second-order valence-corrected chi connectivity index (χ2v) is 6.67. The number of hydrogen-bond acceptors (Lipinski definition) is 3. The zero-order chi connectivity index (χ0) is 17.8. The normalized spacial score (nSPS) is 15.4. The number of unbranched alkanes of at least 4 members (excludes halogenated alkanes) is 1. The zero-order valence-corrected chi connectivity index (χ0v) is 15.2. The van der Waals surface area contributed by atoms with Gasteiger partial charge in [0.2, 0.25) is 0 Å². The van der Waals surface area contributed by atoms with Crippen LogP contribution in [0.4, 0.5) is 5.69 Å². The molecule has 0 saturated carbocycles. The molecule has 1 atom stereocenters. The molecule has 1 aliphatic rings. The van der Waals surface area contributed by atoms with Crippen LogP contribution in [-0.2, 0) is 11.2 Å². The van der Waals surface area contributed by atoms with Crippen LogP contribution in [0.5, 0.6) is 11.5 Å². The average molecular weight is 360 g/mol. The first kappa shape index (κ1) is 17.6. The Labute approximate surface area is 153 Å². The largest absolute Gasteiger partial charge is 0.494 e. The van der Waals surface area contributed by atoms with Gasteiger partial charge in [0, 0.05) is 17.1 Å². The summed E-state index contributed by atoms with van der Waals surface area (Å²) in [6.07, 6.45) is 2.12. The monoisotopic (exact) mass is 359 g/mol. The maximum Gasteiger partial charge on any atom is 0.265 e. The van der Waals surface area contributed by atoms with Crippen molar-refractivity contribution < 1.29 is 14.3 Å². The van der Waals surface area contributed by atoms with Gasteiger partial charge in [0.1, 0.15) is 11.5 Å². The van der Waals surface area contributed by atoms with Gasteiger partial charge in [-0.25, -0.2) is 0 Å². The van der Waals surface area contributed by atoms with E-state index in [2.05, 4.69) is 12.2 Å². The fraction of sp³-hybridized carbons (Fsp3) is 0.350. The Kier molecular flexibility index (Phi) is 5.49. The zero-order valence-electron chi connectivity index (χ0n) is 14.5. The van der Waals surface area contributed by atoms with Crippen molar-refractivity contribution in [2.45, 2.75) is 39.2 Å². The molecule has 0 saturated heterocycles. The molecule has 1 amide bonds. The molecule has 5 heteroatoms. The molecule has 0 radical (unpaired) electrons. The summed E-state index contributed by atoms with van der Waals surface area (Å²) in [5, 5.41) is 3.59. The Morgan fingerprint density at radius 1 is 1.32 bits per heavy atom. The minimum atomic E-state index is -0.534. The molecule has 0 spiro atoms. The quantitative estimate of drug-likeness (QED) is 0.756. The highest BCUT2D eigenvalue weighted by Crippen LogP contribution is 2.32. The van der Waals surface area contributed by atoms with Crippen LogP contribution in [0.1, 0.15) is 30.9 Å². The highest BCUT2D eigenvalue weighted by molar-refractivity contribution is 6.30. The molecule has 2 aromatic rings. The molecule has 0 fully saturated rings. The number of carbonyl (C=O) groups is 1. The van der Waals surface area contributed by atoms with Gasteiger partial charge in [0.15, 0.2) is 6.10 Å². The highest BCUT2D eigenvalue weighted by Gasteiger charge is 2.29. The van der Waals surface area contributed by atoms with Gasteiger partial charge in [-0.05, 0) is 60.9 Å². The van der Waals surface area contributed by atoms with Gasteiger partial charge < -0.3 is 14.8 Å². The van der Waals surface area contributed by atoms with Crippen molar-refractivity contribution in [3.8, 4) is 11.5 Å². The maximum atomic E-state index is 12.5. The van der Waals surface area contributed by atoms with E-state index in [0.29, 0.717) is 18.1 Å². The van der Waals surface area contributed by atoms with Gasteiger partial charge in [-0.1, -0.05) is 24.9 Å². The number of halogens is 1. The van der Waals surface area contributed by atoms with E-state index in [1.54, 1.807) is 12.1 Å². The van der Waals surface area contributed by atoms with Crippen molar-refractivity contribution in [3.05, 3.63) is 52.5 Å². The standard InChI is InChI=1S/C20H22ClNO3/c1-3-4-9-24-16-6-7-17(13(2)10-16)22-20(23)19-12-14-11-15(21)5-8-18(14)25-19/h5-8,10-11,19H,3-4,9,12H2,1-2H3,(H,22,23). The first-order valence-corrected chi connectivity index (χ1v) is 8.94. The number of carbonyl (C=O) groups excluding carboxylic acids is 1.